The lowest BCUT2D eigenvalue weighted by Gasteiger charge is -2.39. The molecule has 0 saturated carbocycles. The molecule has 0 bridgehead atoms. The van der Waals surface area contributed by atoms with Crippen molar-refractivity contribution in [2.75, 3.05) is 0 Å². The summed E-state index contributed by atoms with van der Waals surface area (Å²) in [6.07, 6.45) is -0.866. The van der Waals surface area contributed by atoms with Gasteiger partial charge in [0.15, 0.2) is 5.78 Å². The van der Waals surface area contributed by atoms with E-state index in [9.17, 15) is 14.0 Å². The van der Waals surface area contributed by atoms with Gasteiger partial charge in [-0.1, -0.05) is 18.2 Å². The Kier molecular flexibility index (Phi) is 2.97. The highest BCUT2D eigenvalue weighted by Gasteiger charge is 2.49. The molecule has 0 unspecified atom stereocenters. The molecule has 1 saturated heterocycles. The zero-order valence-corrected chi connectivity index (χ0v) is 10.6. The van der Waals surface area contributed by atoms with Crippen molar-refractivity contribution < 1.29 is 18.7 Å². The minimum Gasteiger partial charge on any atom is -0.456 e. The molecule has 1 fully saturated rings. The van der Waals surface area contributed by atoms with Crippen LogP contribution >= 0.6 is 0 Å². The van der Waals surface area contributed by atoms with Crippen LogP contribution in [0.25, 0.3) is 0 Å². The second kappa shape index (κ2) is 4.19. The molecule has 0 spiro atoms. The highest BCUT2D eigenvalue weighted by molar-refractivity contribution is 6.03. The van der Waals surface area contributed by atoms with Crippen molar-refractivity contribution in [3.8, 4) is 0 Å². The Morgan fingerprint density at radius 1 is 1.22 bits per heavy atom. The summed E-state index contributed by atoms with van der Waals surface area (Å²) in [7, 11) is 0. The zero-order chi connectivity index (χ0) is 13.5. The van der Waals surface area contributed by atoms with Crippen LogP contribution in [0.5, 0.6) is 0 Å². The molecule has 2 atom stereocenters. The third kappa shape index (κ3) is 1.82. The van der Waals surface area contributed by atoms with Crippen LogP contribution in [0.1, 0.15) is 32.4 Å². The van der Waals surface area contributed by atoms with Crippen molar-refractivity contribution in [3.05, 3.63) is 35.6 Å². The lowest BCUT2D eigenvalue weighted by atomic mass is 9.73. The van der Waals surface area contributed by atoms with Crippen molar-refractivity contribution in [1.29, 1.82) is 0 Å². The molecule has 1 aliphatic rings. The van der Waals surface area contributed by atoms with Crippen molar-refractivity contribution in [3.63, 3.8) is 0 Å². The largest absolute Gasteiger partial charge is 0.456 e. The monoisotopic (exact) mass is 250 g/mol. The lowest BCUT2D eigenvalue weighted by Crippen LogP contribution is -2.46. The van der Waals surface area contributed by atoms with E-state index in [1.165, 1.54) is 19.1 Å². The second-order valence-electron chi connectivity index (χ2n) is 5.15. The number of hydrogen-bond donors (Lipinski definition) is 0. The van der Waals surface area contributed by atoms with E-state index in [0.29, 0.717) is 0 Å². The zero-order valence-electron chi connectivity index (χ0n) is 10.6. The molecular weight excluding hydrogens is 235 g/mol. The molecular formula is C14H15FO3. The third-order valence-corrected chi connectivity index (χ3v) is 3.46. The Balaban J connectivity index is 2.48. The van der Waals surface area contributed by atoms with Crippen LogP contribution in [0.2, 0.25) is 0 Å². The van der Waals surface area contributed by atoms with Crippen LogP contribution in [0.3, 0.4) is 0 Å². The van der Waals surface area contributed by atoms with E-state index < -0.39 is 29.2 Å². The van der Waals surface area contributed by atoms with E-state index in [1.807, 2.05) is 0 Å². The molecule has 0 radical (unpaired) electrons. The molecule has 2 rings (SSSR count). The maximum Gasteiger partial charge on any atom is 0.316 e. The molecule has 0 N–H and O–H groups in total. The fourth-order valence-electron chi connectivity index (χ4n) is 2.30. The van der Waals surface area contributed by atoms with E-state index >= 15 is 0 Å². The van der Waals surface area contributed by atoms with E-state index in [1.54, 1.807) is 26.0 Å². The van der Waals surface area contributed by atoms with Crippen LogP contribution in [0.15, 0.2) is 24.3 Å². The van der Waals surface area contributed by atoms with E-state index in [-0.39, 0.29) is 11.3 Å². The summed E-state index contributed by atoms with van der Waals surface area (Å²) in [5.74, 6) is -2.06. The number of esters is 1. The minimum absolute atomic E-state index is 0.216. The molecule has 18 heavy (non-hydrogen) atoms. The van der Waals surface area contributed by atoms with Gasteiger partial charge < -0.3 is 4.74 Å². The first-order chi connectivity index (χ1) is 8.35. The second-order valence-corrected chi connectivity index (χ2v) is 5.15. The number of benzene rings is 1. The Morgan fingerprint density at radius 2 is 1.83 bits per heavy atom. The molecule has 0 aromatic heterocycles. The topological polar surface area (TPSA) is 43.4 Å². The van der Waals surface area contributed by atoms with Crippen molar-refractivity contribution in [2.24, 2.45) is 11.3 Å². The quantitative estimate of drug-likeness (QED) is 0.568. The number of halogens is 1. The standard InChI is InChI=1S/C14H15FO3/c1-8-11(16)14(2,3)12(18-13(8)17)9-6-4-5-7-10(9)15/h4-8,12H,1-3H3/t8-,12-/m1/s1. The fourth-order valence-corrected chi connectivity index (χ4v) is 2.30. The number of carbonyl (C=O) groups excluding carboxylic acids is 2. The minimum atomic E-state index is -0.921. The maximum atomic E-state index is 13.8. The van der Waals surface area contributed by atoms with Crippen LogP contribution in [0.4, 0.5) is 4.39 Å². The number of ether oxygens (including phenoxy) is 1. The van der Waals surface area contributed by atoms with E-state index in [2.05, 4.69) is 0 Å². The first-order valence-corrected chi connectivity index (χ1v) is 5.85. The molecule has 1 aromatic carbocycles. The van der Waals surface area contributed by atoms with Gasteiger partial charge >= 0.3 is 5.97 Å². The number of rotatable bonds is 1. The number of carbonyl (C=O) groups is 2. The van der Waals surface area contributed by atoms with Crippen LogP contribution in [0, 0.1) is 17.2 Å². The van der Waals surface area contributed by atoms with Gasteiger partial charge in [-0.3, -0.25) is 9.59 Å². The van der Waals surface area contributed by atoms with Gasteiger partial charge in [-0.25, -0.2) is 4.39 Å². The Hall–Kier alpha value is -1.71. The summed E-state index contributed by atoms with van der Waals surface area (Å²) in [6, 6.07) is 6.05. The van der Waals surface area contributed by atoms with Gasteiger partial charge in [0.25, 0.3) is 0 Å². The summed E-state index contributed by atoms with van der Waals surface area (Å²) in [5.41, 5.74) is -0.675. The molecule has 1 aliphatic heterocycles. The van der Waals surface area contributed by atoms with Gasteiger partial charge in [0.2, 0.25) is 0 Å². The summed E-state index contributed by atoms with van der Waals surface area (Å²) < 4.78 is 19.0. The predicted molar refractivity (Wildman–Crippen MR) is 63.2 cm³/mol. The van der Waals surface area contributed by atoms with Crippen LogP contribution in [-0.4, -0.2) is 11.8 Å². The summed E-state index contributed by atoms with van der Waals surface area (Å²) in [5, 5.41) is 0. The number of Topliss-reactive ketones (excluding diaryl/α,β-unsaturated/α-hetero) is 1. The molecule has 3 nitrogen and oxygen atoms in total. The molecule has 96 valence electrons. The van der Waals surface area contributed by atoms with Crippen molar-refractivity contribution in [2.45, 2.75) is 26.9 Å². The molecule has 1 aromatic rings. The Morgan fingerprint density at radius 3 is 2.44 bits per heavy atom. The molecule has 1 heterocycles. The molecule has 4 heteroatoms. The highest BCUT2D eigenvalue weighted by Crippen LogP contribution is 2.44. The van der Waals surface area contributed by atoms with E-state index in [0.717, 1.165) is 0 Å². The van der Waals surface area contributed by atoms with Crippen molar-refractivity contribution >= 4 is 11.8 Å². The van der Waals surface area contributed by atoms with E-state index in [4.69, 9.17) is 4.74 Å². The molecule has 0 aliphatic carbocycles. The van der Waals surface area contributed by atoms with Crippen LogP contribution in [-0.2, 0) is 14.3 Å². The van der Waals surface area contributed by atoms with Crippen molar-refractivity contribution in [1.82, 2.24) is 0 Å². The third-order valence-electron chi connectivity index (χ3n) is 3.46. The van der Waals surface area contributed by atoms with Gasteiger partial charge in [0.1, 0.15) is 17.8 Å². The SMILES string of the molecule is C[C@H]1C(=O)O[C@H](c2ccccc2F)C(C)(C)C1=O. The first kappa shape index (κ1) is 12.7. The first-order valence-electron chi connectivity index (χ1n) is 5.85. The summed E-state index contributed by atoms with van der Waals surface area (Å²) >= 11 is 0. The number of ketones is 1. The maximum absolute atomic E-state index is 13.8. The van der Waals surface area contributed by atoms with Gasteiger partial charge in [0, 0.05) is 5.56 Å². The van der Waals surface area contributed by atoms with Gasteiger partial charge in [-0.15, -0.1) is 0 Å². The number of hydrogen-bond acceptors (Lipinski definition) is 3. The normalized spacial score (nSPS) is 26.9. The predicted octanol–water partition coefficient (Wildman–Crippen LogP) is 2.66. The van der Waals surface area contributed by atoms with Gasteiger partial charge in [-0.05, 0) is 26.8 Å². The summed E-state index contributed by atoms with van der Waals surface area (Å²) in [6.45, 7) is 4.87. The number of cyclic esters (lactones) is 1. The average molecular weight is 250 g/mol. The van der Waals surface area contributed by atoms with Gasteiger partial charge in [-0.2, -0.15) is 0 Å². The smallest absolute Gasteiger partial charge is 0.316 e. The lowest BCUT2D eigenvalue weighted by molar-refractivity contribution is -0.177. The van der Waals surface area contributed by atoms with Crippen LogP contribution < -0.4 is 0 Å². The highest BCUT2D eigenvalue weighted by atomic mass is 19.1. The summed E-state index contributed by atoms with van der Waals surface area (Å²) in [4.78, 5) is 23.8. The fraction of sp³-hybridized carbons (Fsp3) is 0.429. The van der Waals surface area contributed by atoms with Gasteiger partial charge in [0.05, 0.1) is 5.41 Å². The Labute approximate surface area is 105 Å². The average Bonchev–Trinajstić information content (AvgIpc) is 2.33. The molecule has 0 amide bonds. The Bertz CT molecular complexity index is 508.